The third-order valence-electron chi connectivity index (χ3n) is 3.53. The van der Waals surface area contributed by atoms with E-state index in [1.807, 2.05) is 0 Å². The zero-order valence-electron chi connectivity index (χ0n) is 11.8. The zero-order chi connectivity index (χ0) is 15.1. The topological polar surface area (TPSA) is 78.4 Å². The summed E-state index contributed by atoms with van der Waals surface area (Å²) in [7, 11) is 0. The number of amides is 2. The van der Waals surface area contributed by atoms with E-state index in [0.717, 1.165) is 24.5 Å². The molecule has 21 heavy (non-hydrogen) atoms. The second kappa shape index (κ2) is 7.47. The number of nitrogens with one attached hydrogen (secondary N) is 2. The summed E-state index contributed by atoms with van der Waals surface area (Å²) in [6, 6.07) is 7.11. The number of carboxylic acid groups (broad SMARTS) is 1. The molecule has 5 nitrogen and oxygen atoms in total. The summed E-state index contributed by atoms with van der Waals surface area (Å²) in [5.74, 6) is -0.982. The van der Waals surface area contributed by atoms with Gasteiger partial charge in [-0.2, -0.15) is 0 Å². The Morgan fingerprint density at radius 3 is 2.38 bits per heavy atom. The first-order valence-corrected chi connectivity index (χ1v) is 7.22. The highest BCUT2D eigenvalue weighted by molar-refractivity contribution is 5.90. The van der Waals surface area contributed by atoms with Crippen molar-refractivity contribution < 1.29 is 14.7 Å². The predicted octanol–water partition coefficient (Wildman–Crippen LogP) is 3.24. The highest BCUT2D eigenvalue weighted by Crippen LogP contribution is 2.17. The molecule has 0 unspecified atom stereocenters. The number of aliphatic carboxylic acids is 1. The first kappa shape index (κ1) is 15.1. The van der Waals surface area contributed by atoms with Crippen molar-refractivity contribution in [2.75, 3.05) is 5.32 Å². The Bertz CT molecular complexity index is 517. The van der Waals surface area contributed by atoms with Crippen molar-refractivity contribution in [2.45, 2.75) is 38.1 Å². The average Bonchev–Trinajstić information content (AvgIpc) is 2.47. The van der Waals surface area contributed by atoms with Crippen LogP contribution in [0.4, 0.5) is 10.5 Å². The molecule has 5 heteroatoms. The van der Waals surface area contributed by atoms with Crippen molar-refractivity contribution in [1.82, 2.24) is 5.32 Å². The molecule has 2 rings (SSSR count). The molecule has 0 aliphatic heterocycles. The van der Waals surface area contributed by atoms with E-state index >= 15 is 0 Å². The summed E-state index contributed by atoms with van der Waals surface area (Å²) < 4.78 is 0. The summed E-state index contributed by atoms with van der Waals surface area (Å²) in [5, 5.41) is 14.3. The molecule has 112 valence electrons. The van der Waals surface area contributed by atoms with Gasteiger partial charge in [0.25, 0.3) is 0 Å². The Balaban J connectivity index is 1.84. The van der Waals surface area contributed by atoms with Crippen LogP contribution in [0.15, 0.2) is 30.3 Å². The van der Waals surface area contributed by atoms with Crippen molar-refractivity contribution in [3.05, 3.63) is 35.9 Å². The van der Waals surface area contributed by atoms with Crippen molar-refractivity contribution in [3.63, 3.8) is 0 Å². The number of benzene rings is 1. The molecule has 1 fully saturated rings. The number of hydrogen-bond donors (Lipinski definition) is 3. The Labute approximate surface area is 124 Å². The van der Waals surface area contributed by atoms with E-state index in [1.165, 1.54) is 25.3 Å². The Kier molecular flexibility index (Phi) is 5.37. The third kappa shape index (κ3) is 5.30. The maximum atomic E-state index is 11.9. The molecule has 0 aromatic heterocycles. The van der Waals surface area contributed by atoms with Crippen LogP contribution in [-0.2, 0) is 4.79 Å². The first-order valence-electron chi connectivity index (χ1n) is 7.22. The highest BCUT2D eigenvalue weighted by Gasteiger charge is 2.15. The SMILES string of the molecule is O=C(O)/C=C/c1ccc(NC(=O)NC2CCCCC2)cc1. The summed E-state index contributed by atoms with van der Waals surface area (Å²) in [5.41, 5.74) is 1.46. The average molecular weight is 288 g/mol. The van der Waals surface area contributed by atoms with Gasteiger partial charge in [-0.25, -0.2) is 9.59 Å². The van der Waals surface area contributed by atoms with Gasteiger partial charge in [-0.05, 0) is 36.6 Å². The molecule has 1 aliphatic carbocycles. The summed E-state index contributed by atoms with van der Waals surface area (Å²) in [4.78, 5) is 22.3. The van der Waals surface area contributed by atoms with Crippen molar-refractivity contribution in [1.29, 1.82) is 0 Å². The van der Waals surface area contributed by atoms with E-state index < -0.39 is 5.97 Å². The summed E-state index contributed by atoms with van der Waals surface area (Å²) in [6.45, 7) is 0. The van der Waals surface area contributed by atoms with Crippen molar-refractivity contribution in [2.24, 2.45) is 0 Å². The number of rotatable bonds is 4. The van der Waals surface area contributed by atoms with E-state index in [2.05, 4.69) is 10.6 Å². The molecular formula is C16H20N2O3. The van der Waals surface area contributed by atoms with Crippen LogP contribution in [0.1, 0.15) is 37.7 Å². The van der Waals surface area contributed by atoms with Crippen LogP contribution in [0, 0.1) is 0 Å². The standard InChI is InChI=1S/C16H20N2O3/c19-15(20)11-8-12-6-9-14(10-7-12)18-16(21)17-13-4-2-1-3-5-13/h6-11,13H,1-5H2,(H,19,20)(H2,17,18,21)/b11-8+. The normalized spacial score (nSPS) is 15.8. The maximum absolute atomic E-state index is 11.9. The van der Waals surface area contributed by atoms with Crippen LogP contribution >= 0.6 is 0 Å². The van der Waals surface area contributed by atoms with E-state index in [9.17, 15) is 9.59 Å². The van der Waals surface area contributed by atoms with Crippen LogP contribution in [0.5, 0.6) is 0 Å². The fraction of sp³-hybridized carbons (Fsp3) is 0.375. The van der Waals surface area contributed by atoms with Gasteiger partial charge in [-0.15, -0.1) is 0 Å². The van der Waals surface area contributed by atoms with Gasteiger partial charge >= 0.3 is 12.0 Å². The highest BCUT2D eigenvalue weighted by atomic mass is 16.4. The molecule has 0 radical (unpaired) electrons. The quantitative estimate of drug-likeness (QED) is 0.744. The lowest BCUT2D eigenvalue weighted by Crippen LogP contribution is -2.38. The molecule has 0 spiro atoms. The second-order valence-corrected chi connectivity index (χ2v) is 5.23. The van der Waals surface area contributed by atoms with Crippen LogP contribution in [0.25, 0.3) is 6.08 Å². The monoisotopic (exact) mass is 288 g/mol. The first-order chi connectivity index (χ1) is 10.1. The Morgan fingerprint density at radius 2 is 1.76 bits per heavy atom. The second-order valence-electron chi connectivity index (χ2n) is 5.23. The Hall–Kier alpha value is -2.30. The maximum Gasteiger partial charge on any atom is 0.328 e. The zero-order valence-corrected chi connectivity index (χ0v) is 11.8. The molecule has 1 saturated carbocycles. The minimum absolute atomic E-state index is 0.185. The number of hydrogen-bond acceptors (Lipinski definition) is 2. The molecule has 0 bridgehead atoms. The van der Waals surface area contributed by atoms with E-state index in [1.54, 1.807) is 24.3 Å². The van der Waals surface area contributed by atoms with Crippen LogP contribution in [-0.4, -0.2) is 23.1 Å². The number of anilines is 1. The number of carbonyl (C=O) groups excluding carboxylic acids is 1. The summed E-state index contributed by atoms with van der Waals surface area (Å²) >= 11 is 0. The lowest BCUT2D eigenvalue weighted by Gasteiger charge is -2.22. The molecule has 0 heterocycles. The molecular weight excluding hydrogens is 268 g/mol. The lowest BCUT2D eigenvalue weighted by molar-refractivity contribution is -0.131. The van der Waals surface area contributed by atoms with E-state index in [4.69, 9.17) is 5.11 Å². The third-order valence-corrected chi connectivity index (χ3v) is 3.53. The van der Waals surface area contributed by atoms with Gasteiger partial charge in [-0.3, -0.25) is 0 Å². The Morgan fingerprint density at radius 1 is 1.10 bits per heavy atom. The van der Waals surface area contributed by atoms with Gasteiger partial charge in [0.1, 0.15) is 0 Å². The molecule has 3 N–H and O–H groups in total. The minimum atomic E-state index is -0.982. The van der Waals surface area contributed by atoms with Gasteiger partial charge in [0, 0.05) is 17.8 Å². The van der Waals surface area contributed by atoms with Crippen molar-refractivity contribution >= 4 is 23.8 Å². The fourth-order valence-corrected chi connectivity index (χ4v) is 2.44. The van der Waals surface area contributed by atoms with Crippen LogP contribution < -0.4 is 10.6 Å². The van der Waals surface area contributed by atoms with Gasteiger partial charge in [0.2, 0.25) is 0 Å². The molecule has 0 saturated heterocycles. The molecule has 1 aromatic rings. The molecule has 1 aromatic carbocycles. The fourth-order valence-electron chi connectivity index (χ4n) is 2.44. The molecule has 0 atom stereocenters. The van der Waals surface area contributed by atoms with Crippen molar-refractivity contribution in [3.8, 4) is 0 Å². The van der Waals surface area contributed by atoms with Gasteiger partial charge in [0.05, 0.1) is 0 Å². The molecule has 2 amide bonds. The van der Waals surface area contributed by atoms with Gasteiger partial charge in [0.15, 0.2) is 0 Å². The predicted molar refractivity (Wildman–Crippen MR) is 82.1 cm³/mol. The molecule has 1 aliphatic rings. The minimum Gasteiger partial charge on any atom is -0.478 e. The van der Waals surface area contributed by atoms with E-state index in [-0.39, 0.29) is 12.1 Å². The van der Waals surface area contributed by atoms with Gasteiger partial charge < -0.3 is 15.7 Å². The van der Waals surface area contributed by atoms with Crippen LogP contribution in [0.3, 0.4) is 0 Å². The number of carboxylic acids is 1. The van der Waals surface area contributed by atoms with Crippen LogP contribution in [0.2, 0.25) is 0 Å². The van der Waals surface area contributed by atoms with E-state index in [0.29, 0.717) is 5.69 Å². The largest absolute Gasteiger partial charge is 0.478 e. The lowest BCUT2D eigenvalue weighted by atomic mass is 9.96. The number of urea groups is 1. The summed E-state index contributed by atoms with van der Waals surface area (Å²) in [6.07, 6.45) is 8.29. The van der Waals surface area contributed by atoms with Gasteiger partial charge in [-0.1, -0.05) is 31.4 Å². The smallest absolute Gasteiger partial charge is 0.328 e. The number of carbonyl (C=O) groups is 2.